The summed E-state index contributed by atoms with van der Waals surface area (Å²) >= 11 is 6.73. The molecule has 0 fully saturated rings. The molecule has 2 aromatic heterocycles. The van der Waals surface area contributed by atoms with Crippen LogP contribution in [0.3, 0.4) is 0 Å². The quantitative estimate of drug-likeness (QED) is 0.454. The molecule has 0 saturated carbocycles. The molecule has 0 atom stereocenters. The van der Waals surface area contributed by atoms with Crippen molar-refractivity contribution < 1.29 is 4.42 Å². The molecule has 0 saturated heterocycles. The van der Waals surface area contributed by atoms with Crippen LogP contribution in [-0.4, -0.2) is 9.97 Å². The molecule has 1 aliphatic carbocycles. The van der Waals surface area contributed by atoms with Crippen LogP contribution in [0.4, 0.5) is 5.82 Å². The van der Waals surface area contributed by atoms with Gasteiger partial charge in [-0.2, -0.15) is 0 Å². The van der Waals surface area contributed by atoms with Crippen molar-refractivity contribution in [2.75, 3.05) is 5.43 Å². The lowest BCUT2D eigenvalue weighted by Crippen LogP contribution is -2.14. The van der Waals surface area contributed by atoms with Crippen LogP contribution in [0.1, 0.15) is 30.5 Å². The Hall–Kier alpha value is -0.920. The van der Waals surface area contributed by atoms with Gasteiger partial charge in [-0.1, -0.05) is 6.42 Å². The van der Waals surface area contributed by atoms with Crippen LogP contribution in [0, 0.1) is 0 Å². The number of hydrogen-bond donors (Lipinski definition) is 2. The molecule has 0 aromatic carbocycles. The number of aromatic nitrogens is 2. The van der Waals surface area contributed by atoms with E-state index in [1.54, 1.807) is 0 Å². The van der Waals surface area contributed by atoms with E-state index in [0.29, 0.717) is 22.1 Å². The third kappa shape index (κ3) is 2.62. The van der Waals surface area contributed by atoms with Gasteiger partial charge in [0.05, 0.1) is 4.47 Å². The summed E-state index contributed by atoms with van der Waals surface area (Å²) in [5.74, 6) is 7.50. The van der Waals surface area contributed by atoms with Crippen molar-refractivity contribution in [1.82, 2.24) is 9.97 Å². The Morgan fingerprint density at radius 2 is 1.95 bits per heavy atom. The minimum Gasteiger partial charge on any atom is -0.445 e. The van der Waals surface area contributed by atoms with E-state index in [1.165, 1.54) is 6.42 Å². The first-order chi connectivity index (χ1) is 9.69. The van der Waals surface area contributed by atoms with E-state index >= 15 is 0 Å². The summed E-state index contributed by atoms with van der Waals surface area (Å²) in [6.45, 7) is 0. The Bertz CT molecular complexity index is 622. The second-order valence-corrected chi connectivity index (χ2v) is 6.33. The highest BCUT2D eigenvalue weighted by Crippen LogP contribution is 2.33. The molecule has 5 nitrogen and oxygen atoms in total. The lowest BCUT2D eigenvalue weighted by molar-refractivity contribution is 0.549. The second kappa shape index (κ2) is 5.83. The number of nitrogens with one attached hydrogen (secondary N) is 1. The molecule has 106 valence electrons. The molecule has 0 bridgehead atoms. The van der Waals surface area contributed by atoms with Crippen molar-refractivity contribution in [3.63, 3.8) is 0 Å². The Kier molecular flexibility index (Phi) is 4.09. The fourth-order valence-electron chi connectivity index (χ4n) is 2.46. The van der Waals surface area contributed by atoms with Crippen LogP contribution >= 0.6 is 31.9 Å². The molecule has 7 heteroatoms. The number of halogens is 2. The summed E-state index contributed by atoms with van der Waals surface area (Å²) in [7, 11) is 0. The summed E-state index contributed by atoms with van der Waals surface area (Å²) in [5.41, 5.74) is 4.91. The van der Waals surface area contributed by atoms with Gasteiger partial charge in [0.15, 0.2) is 16.3 Å². The topological polar surface area (TPSA) is 77.0 Å². The number of nitrogens with zero attached hydrogens (tertiary/aromatic N) is 2. The van der Waals surface area contributed by atoms with Crippen LogP contribution in [-0.2, 0) is 12.8 Å². The van der Waals surface area contributed by atoms with Gasteiger partial charge >= 0.3 is 0 Å². The minimum absolute atomic E-state index is 0.560. The van der Waals surface area contributed by atoms with E-state index in [9.17, 15) is 0 Å². The Labute approximate surface area is 133 Å². The Morgan fingerprint density at radius 3 is 2.65 bits per heavy atom. The second-order valence-electron chi connectivity index (χ2n) is 4.76. The average molecular weight is 402 g/mol. The smallest absolute Gasteiger partial charge is 0.198 e. The summed E-state index contributed by atoms with van der Waals surface area (Å²) in [4.78, 5) is 9.15. The number of hydrogen-bond acceptors (Lipinski definition) is 5. The van der Waals surface area contributed by atoms with Gasteiger partial charge in [-0.3, -0.25) is 0 Å². The average Bonchev–Trinajstić information content (AvgIpc) is 2.67. The van der Waals surface area contributed by atoms with Gasteiger partial charge in [-0.15, -0.1) is 0 Å². The molecule has 0 unspecified atom stereocenters. The fraction of sp³-hybridized carbons (Fsp3) is 0.385. The van der Waals surface area contributed by atoms with Crippen LogP contribution in [0.15, 0.2) is 19.6 Å². The molecule has 2 heterocycles. The minimum atomic E-state index is 0.560. The number of nitrogen functional groups attached to an aromatic ring is 1. The molecule has 1 aliphatic rings. The van der Waals surface area contributed by atoms with Crippen molar-refractivity contribution in [1.29, 1.82) is 0 Å². The first-order valence-electron chi connectivity index (χ1n) is 6.50. The third-order valence-electron chi connectivity index (χ3n) is 3.44. The monoisotopic (exact) mass is 400 g/mol. The molecule has 0 spiro atoms. The number of aryl methyl sites for hydroxylation is 1. The molecule has 2 aromatic rings. The number of hydrazine groups is 1. The first-order valence-corrected chi connectivity index (χ1v) is 8.09. The van der Waals surface area contributed by atoms with Crippen LogP contribution in [0.2, 0.25) is 0 Å². The number of rotatable bonds is 2. The normalized spacial score (nSPS) is 14.8. The number of furan rings is 1. The summed E-state index contributed by atoms with van der Waals surface area (Å²) in [6.07, 6.45) is 5.46. The van der Waals surface area contributed by atoms with Gasteiger partial charge in [0.25, 0.3) is 0 Å². The van der Waals surface area contributed by atoms with Crippen LogP contribution in [0.25, 0.3) is 11.6 Å². The standard InChI is InChI=1S/C13H14Br2N4O/c14-8-6-10(20-11(8)15)13-17-9-5-3-1-2-4-7(9)12(18-13)19-16/h6H,1-5,16H2,(H,17,18,19). The summed E-state index contributed by atoms with van der Waals surface area (Å²) < 4.78 is 7.07. The lowest BCUT2D eigenvalue weighted by Gasteiger charge is -2.11. The molecular weight excluding hydrogens is 388 g/mol. The van der Waals surface area contributed by atoms with Crippen LogP contribution in [0.5, 0.6) is 0 Å². The molecular formula is C13H14Br2N4O. The van der Waals surface area contributed by atoms with Gasteiger partial charge in [-0.05, 0) is 57.5 Å². The largest absolute Gasteiger partial charge is 0.445 e. The molecule has 20 heavy (non-hydrogen) atoms. The highest BCUT2D eigenvalue weighted by Gasteiger charge is 2.19. The van der Waals surface area contributed by atoms with Crippen molar-refractivity contribution in [2.45, 2.75) is 32.1 Å². The Balaban J connectivity index is 2.10. The highest BCUT2D eigenvalue weighted by atomic mass is 79.9. The first kappa shape index (κ1) is 14.0. The van der Waals surface area contributed by atoms with Crippen LogP contribution < -0.4 is 11.3 Å². The number of anilines is 1. The summed E-state index contributed by atoms with van der Waals surface area (Å²) in [5, 5.41) is 0. The maximum absolute atomic E-state index is 5.62. The number of nitrogens with two attached hydrogens (primary N) is 1. The van der Waals surface area contributed by atoms with Gasteiger partial charge in [0, 0.05) is 17.3 Å². The van der Waals surface area contributed by atoms with Crippen molar-refractivity contribution >= 4 is 37.7 Å². The number of fused-ring (bicyclic) bond motifs is 1. The van der Waals surface area contributed by atoms with E-state index in [-0.39, 0.29) is 0 Å². The predicted octanol–water partition coefficient (Wildman–Crippen LogP) is 3.82. The van der Waals surface area contributed by atoms with Crippen molar-refractivity contribution in [2.24, 2.45) is 5.84 Å². The fourth-order valence-corrected chi connectivity index (χ4v) is 3.03. The SMILES string of the molecule is NNc1nc(-c2cc(Br)c(Br)o2)nc2c1CCCCC2. The zero-order chi connectivity index (χ0) is 14.1. The maximum atomic E-state index is 5.62. The van der Waals surface area contributed by atoms with Crippen molar-refractivity contribution in [3.05, 3.63) is 26.5 Å². The van der Waals surface area contributed by atoms with Gasteiger partial charge in [0.1, 0.15) is 5.82 Å². The zero-order valence-corrected chi connectivity index (χ0v) is 13.9. The molecule has 0 amide bonds. The van der Waals surface area contributed by atoms with E-state index in [1.807, 2.05) is 6.07 Å². The van der Waals surface area contributed by atoms with E-state index in [2.05, 4.69) is 47.3 Å². The molecule has 3 rings (SSSR count). The van der Waals surface area contributed by atoms with E-state index in [0.717, 1.165) is 41.4 Å². The van der Waals surface area contributed by atoms with E-state index < -0.39 is 0 Å². The van der Waals surface area contributed by atoms with E-state index in [4.69, 9.17) is 10.3 Å². The van der Waals surface area contributed by atoms with Gasteiger partial charge in [0.2, 0.25) is 0 Å². The maximum Gasteiger partial charge on any atom is 0.198 e. The predicted molar refractivity (Wildman–Crippen MR) is 84.2 cm³/mol. The molecule has 3 N–H and O–H groups in total. The third-order valence-corrected chi connectivity index (χ3v) is 5.15. The molecule has 0 radical (unpaired) electrons. The highest BCUT2D eigenvalue weighted by molar-refractivity contribution is 9.13. The summed E-state index contributed by atoms with van der Waals surface area (Å²) in [6, 6.07) is 1.85. The van der Waals surface area contributed by atoms with Gasteiger partial charge < -0.3 is 9.84 Å². The Morgan fingerprint density at radius 1 is 1.15 bits per heavy atom. The van der Waals surface area contributed by atoms with Gasteiger partial charge in [-0.25, -0.2) is 15.8 Å². The lowest BCUT2D eigenvalue weighted by atomic mass is 10.1. The van der Waals surface area contributed by atoms with Crippen molar-refractivity contribution in [3.8, 4) is 11.6 Å². The molecule has 0 aliphatic heterocycles. The zero-order valence-electron chi connectivity index (χ0n) is 10.7.